The van der Waals surface area contributed by atoms with Crippen molar-refractivity contribution in [1.82, 2.24) is 0 Å². The van der Waals surface area contributed by atoms with Crippen molar-refractivity contribution in [2.24, 2.45) is 11.8 Å². The van der Waals surface area contributed by atoms with Crippen LogP contribution in [0.1, 0.15) is 187 Å². The molecule has 1 aliphatic carbocycles. The van der Waals surface area contributed by atoms with Gasteiger partial charge in [-0.15, -0.1) is 0 Å². The molecule has 0 aromatic carbocycles. The zero-order valence-corrected chi connectivity index (χ0v) is 40.8. The van der Waals surface area contributed by atoms with Crippen molar-refractivity contribution < 1.29 is 76.9 Å². The monoisotopic (exact) mass is 957 g/mol. The second-order valence-corrected chi connectivity index (χ2v) is 20.0. The Labute approximate surface area is 383 Å². The number of hydrogen-bond donors (Lipinski definition) is 7. The molecule has 18 heteroatoms. The van der Waals surface area contributed by atoms with Gasteiger partial charge in [0.25, 0.3) is 0 Å². The molecule has 1 saturated carbocycles. The Morgan fingerprint density at radius 2 is 1.14 bits per heavy atom. The van der Waals surface area contributed by atoms with Gasteiger partial charge in [0.2, 0.25) is 0 Å². The third-order valence-corrected chi connectivity index (χ3v) is 12.8. The van der Waals surface area contributed by atoms with Gasteiger partial charge in [0.1, 0.15) is 12.7 Å². The molecule has 0 aromatic rings. The van der Waals surface area contributed by atoms with E-state index in [0.717, 1.165) is 64.2 Å². The number of carbonyl (C=O) groups excluding carboxylic acids is 2. The summed E-state index contributed by atoms with van der Waals surface area (Å²) in [5.41, 5.74) is 0. The van der Waals surface area contributed by atoms with Crippen LogP contribution in [0.4, 0.5) is 0 Å². The zero-order valence-electron chi connectivity index (χ0n) is 39.0. The number of phosphoric acid groups is 2. The molecule has 0 amide bonds. The number of allylic oxidation sites excluding steroid dienone is 2. The van der Waals surface area contributed by atoms with Crippen LogP contribution in [0.15, 0.2) is 24.3 Å². The fraction of sp³-hybridized carbons (Fsp3) is 0.870. The van der Waals surface area contributed by atoms with Gasteiger partial charge in [0.15, 0.2) is 6.10 Å². The fourth-order valence-electron chi connectivity index (χ4n) is 7.67. The van der Waals surface area contributed by atoms with E-state index in [9.17, 15) is 44.0 Å². The molecule has 376 valence electrons. The van der Waals surface area contributed by atoms with Gasteiger partial charge in [-0.25, -0.2) is 9.13 Å². The average Bonchev–Trinajstić information content (AvgIpc) is 3.51. The van der Waals surface area contributed by atoms with E-state index < -0.39 is 84.5 Å². The molecule has 0 radical (unpaired) electrons. The molecule has 0 aliphatic heterocycles. The van der Waals surface area contributed by atoms with E-state index in [2.05, 4.69) is 30.5 Å². The second kappa shape index (κ2) is 37.5. The van der Waals surface area contributed by atoms with Gasteiger partial charge in [0.05, 0.1) is 38.1 Å². The summed E-state index contributed by atoms with van der Waals surface area (Å²) >= 11 is 0. The van der Waals surface area contributed by atoms with Crippen LogP contribution in [-0.2, 0) is 41.8 Å². The van der Waals surface area contributed by atoms with Crippen LogP contribution >= 0.6 is 15.6 Å². The first kappa shape index (κ1) is 60.5. The van der Waals surface area contributed by atoms with Crippen molar-refractivity contribution >= 4 is 27.6 Å². The number of rotatable bonds is 42. The van der Waals surface area contributed by atoms with E-state index in [-0.39, 0.29) is 31.1 Å². The van der Waals surface area contributed by atoms with Gasteiger partial charge in [-0.05, 0) is 57.3 Å². The Hall–Kier alpha value is -1.52. The molecular weight excluding hydrogens is 870 g/mol. The van der Waals surface area contributed by atoms with Gasteiger partial charge in [-0.2, -0.15) is 0 Å². The highest BCUT2D eigenvalue weighted by atomic mass is 31.2. The smallest absolute Gasteiger partial charge is 0.462 e. The molecule has 0 heterocycles. The molecule has 0 aromatic heterocycles. The first-order valence-corrected chi connectivity index (χ1v) is 27.3. The molecule has 64 heavy (non-hydrogen) atoms. The number of phosphoric ester groups is 2. The summed E-state index contributed by atoms with van der Waals surface area (Å²) in [6.45, 7) is 1.43. The maximum Gasteiger partial charge on any atom is 0.472 e. The zero-order chi connectivity index (χ0) is 47.5. The summed E-state index contributed by atoms with van der Waals surface area (Å²) in [6.07, 6.45) is 27.9. The van der Waals surface area contributed by atoms with Crippen molar-refractivity contribution in [2.75, 3.05) is 26.4 Å². The van der Waals surface area contributed by atoms with Gasteiger partial charge >= 0.3 is 27.6 Å². The van der Waals surface area contributed by atoms with Crippen LogP contribution in [0.5, 0.6) is 0 Å². The number of hydrogen-bond acceptors (Lipinski definition) is 13. The fourth-order valence-corrected chi connectivity index (χ4v) is 8.83. The van der Waals surface area contributed by atoms with Crippen LogP contribution in [-0.4, -0.2) is 104 Å². The van der Waals surface area contributed by atoms with E-state index >= 15 is 0 Å². The minimum atomic E-state index is -4.90. The van der Waals surface area contributed by atoms with Gasteiger partial charge in [-0.1, -0.05) is 141 Å². The molecule has 1 unspecified atom stereocenters. The van der Waals surface area contributed by atoms with Crippen LogP contribution in [0, 0.1) is 11.8 Å². The lowest BCUT2D eigenvalue weighted by molar-refractivity contribution is -0.161. The second-order valence-electron chi connectivity index (χ2n) is 17.3. The third kappa shape index (κ3) is 33.9. The lowest BCUT2D eigenvalue weighted by Gasteiger charge is -2.21. The number of aliphatic hydroxyl groups excluding tert-OH is 4. The van der Waals surface area contributed by atoms with Gasteiger partial charge < -0.3 is 44.6 Å². The van der Waals surface area contributed by atoms with Gasteiger partial charge in [-0.3, -0.25) is 23.2 Å². The molecule has 0 spiro atoms. The quantitative estimate of drug-likeness (QED) is 0.0130. The minimum Gasteiger partial charge on any atom is -0.462 e. The average molecular weight is 957 g/mol. The van der Waals surface area contributed by atoms with Crippen molar-refractivity contribution in [3.8, 4) is 0 Å². The summed E-state index contributed by atoms with van der Waals surface area (Å²) in [5.74, 6) is -1.56. The molecule has 0 bridgehead atoms. The Bertz CT molecular complexity index is 1340. The van der Waals surface area contributed by atoms with Gasteiger partial charge in [0, 0.05) is 25.2 Å². The summed E-state index contributed by atoms with van der Waals surface area (Å²) in [7, 11) is -9.77. The highest BCUT2D eigenvalue weighted by molar-refractivity contribution is 7.47. The first-order chi connectivity index (χ1) is 30.6. The van der Waals surface area contributed by atoms with E-state index in [1.165, 1.54) is 57.8 Å². The number of carbonyl (C=O) groups is 2. The Morgan fingerprint density at radius 3 is 1.75 bits per heavy atom. The van der Waals surface area contributed by atoms with Crippen molar-refractivity contribution in [3.63, 3.8) is 0 Å². The number of unbranched alkanes of at least 4 members (excludes halogenated alkanes) is 18. The lowest BCUT2D eigenvalue weighted by Crippen LogP contribution is -2.30. The normalized spacial score (nSPS) is 20.5. The number of aliphatic hydroxyl groups is 4. The summed E-state index contributed by atoms with van der Waals surface area (Å²) in [6, 6.07) is 0. The highest BCUT2D eigenvalue weighted by Gasteiger charge is 2.39. The Balaban J connectivity index is 2.50. The van der Waals surface area contributed by atoms with Crippen molar-refractivity contribution in [1.29, 1.82) is 0 Å². The Morgan fingerprint density at radius 1 is 0.625 bits per heavy atom. The first-order valence-electron chi connectivity index (χ1n) is 24.3. The topological polar surface area (TPSA) is 256 Å². The minimum absolute atomic E-state index is 0.00546. The van der Waals surface area contributed by atoms with E-state index in [4.69, 9.17) is 28.3 Å². The Kier molecular flexibility index (Phi) is 35.4. The van der Waals surface area contributed by atoms with E-state index in [0.29, 0.717) is 32.1 Å². The van der Waals surface area contributed by atoms with Crippen LogP contribution < -0.4 is 0 Å². The summed E-state index contributed by atoms with van der Waals surface area (Å²) in [5, 5.41) is 41.2. The standard InChI is InChI=1S/C46H86O16P2/c1-3-5-7-8-9-10-11-12-13-14-15-16-17-18-19-20-25-29-45(51)58-36-40(37-61-64(56,57)60-35-39(48)34-59-63(53,54)55)62-46(52)30-26-22-21-24-28-41-42(44(50)33-43(41)49)32-31-38(47)27-23-6-4-2/h12-13,31-32,38-44,47-50H,3-11,14-30,33-37H2,1-2H3,(H,56,57)(H2,53,54,55)/b13-12-,32-31+/t38-,39-,40+,41+,42+,43-,44+/m0/s1. The molecule has 16 nitrogen and oxygen atoms in total. The molecule has 1 rings (SSSR count). The van der Waals surface area contributed by atoms with E-state index in [1.807, 2.05) is 6.08 Å². The predicted molar refractivity (Wildman–Crippen MR) is 246 cm³/mol. The predicted octanol–water partition coefficient (Wildman–Crippen LogP) is 9.06. The number of esters is 2. The number of ether oxygens (including phenoxy) is 2. The van der Waals surface area contributed by atoms with Crippen molar-refractivity contribution in [2.45, 2.75) is 218 Å². The highest BCUT2D eigenvalue weighted by Crippen LogP contribution is 2.44. The summed E-state index contributed by atoms with van der Waals surface area (Å²) in [4.78, 5) is 53.1. The SMILES string of the molecule is CCCCCCCC/C=C\CCCCCCCCCC(=O)OC[C@H](COP(=O)(O)OC[C@@H](O)COP(=O)(O)O)OC(=O)CCCCCC[C@@H]1[C@@H](/C=C/[C@@H](O)CCCCC)[C@H](O)C[C@@H]1O. The third-order valence-electron chi connectivity index (χ3n) is 11.4. The van der Waals surface area contributed by atoms with Crippen LogP contribution in [0.25, 0.3) is 0 Å². The lowest BCUT2D eigenvalue weighted by atomic mass is 9.88. The molecule has 7 N–H and O–H groups in total. The van der Waals surface area contributed by atoms with Crippen LogP contribution in [0.2, 0.25) is 0 Å². The summed E-state index contributed by atoms with van der Waals surface area (Å²) < 4.78 is 47.9. The maximum absolute atomic E-state index is 12.8. The molecular formula is C46H86O16P2. The molecule has 1 fully saturated rings. The molecule has 8 atom stereocenters. The molecule has 1 aliphatic rings. The molecule has 0 saturated heterocycles. The van der Waals surface area contributed by atoms with Crippen molar-refractivity contribution in [3.05, 3.63) is 24.3 Å². The maximum atomic E-state index is 12.8. The largest absolute Gasteiger partial charge is 0.472 e. The van der Waals surface area contributed by atoms with E-state index in [1.54, 1.807) is 6.08 Å². The van der Waals surface area contributed by atoms with Crippen LogP contribution in [0.3, 0.4) is 0 Å².